The van der Waals surface area contributed by atoms with Crippen LogP contribution in [0, 0.1) is 0 Å². The summed E-state index contributed by atoms with van der Waals surface area (Å²) in [4.78, 5) is 17.2. The fourth-order valence-corrected chi connectivity index (χ4v) is 3.36. The minimum Gasteiger partial charge on any atom is -0.346 e. The summed E-state index contributed by atoms with van der Waals surface area (Å²) in [5, 5.41) is 18.2. The summed E-state index contributed by atoms with van der Waals surface area (Å²) in [6, 6.07) is 0.0654. The monoisotopic (exact) mass is 329 g/mol. The highest BCUT2D eigenvalue weighted by atomic mass is 16.2. The molecule has 8 heteroatoms. The van der Waals surface area contributed by atoms with E-state index in [1.165, 1.54) is 0 Å². The summed E-state index contributed by atoms with van der Waals surface area (Å²) >= 11 is 0. The van der Waals surface area contributed by atoms with Crippen LogP contribution in [0.1, 0.15) is 59.6 Å². The molecule has 0 radical (unpaired) electrons. The molecule has 0 saturated carbocycles. The number of fused-ring (bicyclic) bond motifs is 2. The molecular weight excluding hydrogens is 306 g/mol. The van der Waals surface area contributed by atoms with Gasteiger partial charge in [0.25, 0.3) is 5.91 Å². The van der Waals surface area contributed by atoms with Gasteiger partial charge in [-0.15, -0.1) is 0 Å². The van der Waals surface area contributed by atoms with Crippen molar-refractivity contribution in [1.82, 2.24) is 35.6 Å². The number of nitrogens with zero attached hydrogens (tertiary/aromatic N) is 4. The number of hydrogen-bond acceptors (Lipinski definition) is 5. The predicted molar refractivity (Wildman–Crippen MR) is 87.7 cm³/mol. The molecule has 2 aliphatic rings. The lowest BCUT2D eigenvalue weighted by molar-refractivity contribution is 0.0920. The molecule has 0 fully saturated rings. The van der Waals surface area contributed by atoms with Gasteiger partial charge in [-0.2, -0.15) is 10.2 Å². The van der Waals surface area contributed by atoms with Crippen LogP contribution in [0.4, 0.5) is 0 Å². The van der Waals surface area contributed by atoms with Gasteiger partial charge in [0.2, 0.25) is 0 Å². The van der Waals surface area contributed by atoms with Crippen molar-refractivity contribution in [2.45, 2.75) is 58.2 Å². The lowest BCUT2D eigenvalue weighted by atomic mass is 10.0. The highest BCUT2D eigenvalue weighted by Crippen LogP contribution is 2.19. The highest BCUT2D eigenvalue weighted by Gasteiger charge is 2.27. The molecule has 0 bridgehead atoms. The Morgan fingerprint density at radius 2 is 2.25 bits per heavy atom. The van der Waals surface area contributed by atoms with E-state index in [4.69, 9.17) is 0 Å². The highest BCUT2D eigenvalue weighted by molar-refractivity contribution is 5.94. The lowest BCUT2D eigenvalue weighted by Crippen LogP contribution is -2.42. The third-order valence-electron chi connectivity index (χ3n) is 4.75. The number of carbonyl (C=O) groups excluding carboxylic acids is 1. The van der Waals surface area contributed by atoms with Crippen LogP contribution in [0.3, 0.4) is 0 Å². The second kappa shape index (κ2) is 6.01. The molecule has 0 spiro atoms. The van der Waals surface area contributed by atoms with Gasteiger partial charge in [-0.05, 0) is 6.42 Å². The Hall–Kier alpha value is -2.22. The molecule has 0 saturated heterocycles. The summed E-state index contributed by atoms with van der Waals surface area (Å²) in [7, 11) is 0. The van der Waals surface area contributed by atoms with E-state index in [0.717, 1.165) is 48.7 Å². The fraction of sp³-hybridized carbons (Fsp3) is 0.625. The zero-order valence-corrected chi connectivity index (χ0v) is 14.1. The molecule has 2 aliphatic heterocycles. The zero-order chi connectivity index (χ0) is 16.7. The van der Waals surface area contributed by atoms with E-state index in [1.807, 2.05) is 4.68 Å². The smallest absolute Gasteiger partial charge is 0.272 e. The minimum absolute atomic E-state index is 0.0654. The second-order valence-corrected chi connectivity index (χ2v) is 6.89. The van der Waals surface area contributed by atoms with Crippen molar-refractivity contribution in [3.63, 3.8) is 0 Å². The average molecular weight is 329 g/mol. The lowest BCUT2D eigenvalue weighted by Gasteiger charge is -2.23. The molecule has 4 heterocycles. The number of carbonyl (C=O) groups is 1. The molecule has 3 N–H and O–H groups in total. The first-order valence-corrected chi connectivity index (χ1v) is 8.63. The average Bonchev–Trinajstić information content (AvgIpc) is 3.18. The summed E-state index contributed by atoms with van der Waals surface area (Å²) in [6.07, 6.45) is 2.61. The molecule has 4 rings (SSSR count). The van der Waals surface area contributed by atoms with E-state index in [9.17, 15) is 4.79 Å². The van der Waals surface area contributed by atoms with E-state index < -0.39 is 0 Å². The third kappa shape index (κ3) is 2.71. The number of aryl methyl sites for hydroxylation is 1. The summed E-state index contributed by atoms with van der Waals surface area (Å²) in [5.74, 6) is 2.11. The second-order valence-electron chi connectivity index (χ2n) is 6.89. The number of rotatable bonds is 3. The Morgan fingerprint density at radius 1 is 1.38 bits per heavy atom. The van der Waals surface area contributed by atoms with Crippen LogP contribution < -0.4 is 10.6 Å². The first-order valence-electron chi connectivity index (χ1n) is 8.63. The molecule has 24 heavy (non-hydrogen) atoms. The van der Waals surface area contributed by atoms with Crippen molar-refractivity contribution in [3.8, 4) is 0 Å². The normalized spacial score (nSPS) is 19.9. The number of nitrogens with one attached hydrogen (secondary N) is 3. The molecule has 2 aromatic rings. The quantitative estimate of drug-likeness (QED) is 0.762. The van der Waals surface area contributed by atoms with Gasteiger partial charge in [-0.25, -0.2) is 9.67 Å². The van der Waals surface area contributed by atoms with Gasteiger partial charge in [-0.3, -0.25) is 9.89 Å². The van der Waals surface area contributed by atoms with Crippen molar-refractivity contribution in [2.24, 2.45) is 0 Å². The van der Waals surface area contributed by atoms with Crippen LogP contribution in [-0.4, -0.2) is 43.5 Å². The van der Waals surface area contributed by atoms with Gasteiger partial charge >= 0.3 is 0 Å². The fourth-order valence-electron chi connectivity index (χ4n) is 3.36. The number of amides is 1. The van der Waals surface area contributed by atoms with Crippen LogP contribution >= 0.6 is 0 Å². The zero-order valence-electron chi connectivity index (χ0n) is 14.1. The van der Waals surface area contributed by atoms with Crippen molar-refractivity contribution in [1.29, 1.82) is 0 Å². The Bertz CT molecular complexity index is 761. The first-order chi connectivity index (χ1) is 11.6. The number of H-pyrrole nitrogens is 1. The topological polar surface area (TPSA) is 101 Å². The van der Waals surface area contributed by atoms with Crippen LogP contribution in [0.2, 0.25) is 0 Å². The van der Waals surface area contributed by atoms with E-state index in [0.29, 0.717) is 24.7 Å². The summed E-state index contributed by atoms with van der Waals surface area (Å²) in [6.45, 7) is 6.48. The Balaban J connectivity index is 1.46. The first kappa shape index (κ1) is 15.3. The molecule has 0 aromatic carbocycles. The van der Waals surface area contributed by atoms with E-state index in [-0.39, 0.29) is 11.9 Å². The standard InChI is InChI=1S/C16H23N7O/c1-9(2)15-19-13-4-3-10(8-23(13)22-15)18-16(24)14-11-7-17-6-5-12(11)20-21-14/h9-10,17H,3-8H2,1-2H3,(H,18,24)(H,20,21). The largest absolute Gasteiger partial charge is 0.346 e. The Morgan fingerprint density at radius 3 is 3.08 bits per heavy atom. The molecular formula is C16H23N7O. The van der Waals surface area contributed by atoms with Gasteiger partial charge in [0.15, 0.2) is 11.5 Å². The van der Waals surface area contributed by atoms with Crippen molar-refractivity contribution < 1.29 is 4.79 Å². The molecule has 1 atom stereocenters. The number of aromatic amines is 1. The van der Waals surface area contributed by atoms with Crippen molar-refractivity contribution in [2.75, 3.05) is 6.54 Å². The molecule has 1 unspecified atom stereocenters. The van der Waals surface area contributed by atoms with Gasteiger partial charge in [0.05, 0.1) is 6.54 Å². The summed E-state index contributed by atoms with van der Waals surface area (Å²) in [5.41, 5.74) is 2.59. The van der Waals surface area contributed by atoms with Crippen LogP contribution in [0.25, 0.3) is 0 Å². The van der Waals surface area contributed by atoms with Crippen molar-refractivity contribution in [3.05, 3.63) is 28.6 Å². The van der Waals surface area contributed by atoms with Crippen molar-refractivity contribution >= 4 is 5.91 Å². The van der Waals surface area contributed by atoms with E-state index >= 15 is 0 Å². The van der Waals surface area contributed by atoms with Gasteiger partial charge < -0.3 is 10.6 Å². The maximum atomic E-state index is 12.6. The van der Waals surface area contributed by atoms with Gasteiger partial charge in [-0.1, -0.05) is 13.8 Å². The maximum absolute atomic E-state index is 12.6. The molecule has 2 aromatic heterocycles. The van der Waals surface area contributed by atoms with Gasteiger partial charge in [0.1, 0.15) is 5.82 Å². The summed E-state index contributed by atoms with van der Waals surface area (Å²) < 4.78 is 1.94. The number of hydrogen-bond donors (Lipinski definition) is 3. The molecule has 0 aliphatic carbocycles. The molecule has 8 nitrogen and oxygen atoms in total. The van der Waals surface area contributed by atoms with Crippen LogP contribution in [-0.2, 0) is 25.9 Å². The predicted octanol–water partition coefficient (Wildman–Crippen LogP) is 0.515. The molecule has 1 amide bonds. The Labute approximate surface area is 140 Å². The van der Waals surface area contributed by atoms with Crippen LogP contribution in [0.15, 0.2) is 0 Å². The van der Waals surface area contributed by atoms with Crippen LogP contribution in [0.5, 0.6) is 0 Å². The van der Waals surface area contributed by atoms with E-state index in [2.05, 4.69) is 44.8 Å². The van der Waals surface area contributed by atoms with Gasteiger partial charge in [0, 0.05) is 49.1 Å². The number of aromatic nitrogens is 5. The van der Waals surface area contributed by atoms with E-state index in [1.54, 1.807) is 0 Å². The Kier molecular flexibility index (Phi) is 3.84. The molecule has 128 valence electrons. The third-order valence-corrected chi connectivity index (χ3v) is 4.75. The minimum atomic E-state index is -0.103. The SMILES string of the molecule is CC(C)c1nc2n(n1)CC(NC(=O)c1n[nH]c3c1CNCC3)CC2. The maximum Gasteiger partial charge on any atom is 0.272 e.